The van der Waals surface area contributed by atoms with E-state index >= 15 is 0 Å². The predicted octanol–water partition coefficient (Wildman–Crippen LogP) is 5.99. The van der Waals surface area contributed by atoms with Crippen LogP contribution in [0.15, 0.2) is 54.6 Å². The van der Waals surface area contributed by atoms with Gasteiger partial charge in [0.1, 0.15) is 12.4 Å². The number of benzene rings is 2. The van der Waals surface area contributed by atoms with E-state index in [1.165, 1.54) is 6.07 Å². The third-order valence-corrected chi connectivity index (χ3v) is 5.22. The van der Waals surface area contributed by atoms with Gasteiger partial charge in [0, 0.05) is 20.9 Å². The van der Waals surface area contributed by atoms with Crippen molar-refractivity contribution in [3.63, 3.8) is 0 Å². The minimum absolute atomic E-state index is 0.0261. The number of carbonyl (C=O) groups excluding carboxylic acids is 1. The highest BCUT2D eigenvalue weighted by Gasteiger charge is 2.10. The van der Waals surface area contributed by atoms with Crippen molar-refractivity contribution >= 4 is 23.2 Å². The van der Waals surface area contributed by atoms with Crippen molar-refractivity contribution < 1.29 is 18.7 Å². The summed E-state index contributed by atoms with van der Waals surface area (Å²) in [5, 5.41) is 0. The molecule has 3 rings (SSSR count). The molecule has 3 aromatic rings. The number of allylic oxidation sites excluding steroid dienone is 1. The van der Waals surface area contributed by atoms with Crippen LogP contribution in [-0.2, 0) is 6.61 Å². The molecule has 0 aliphatic carbocycles. The van der Waals surface area contributed by atoms with Gasteiger partial charge in [-0.15, -0.1) is 11.3 Å². The molecule has 0 spiro atoms. The van der Waals surface area contributed by atoms with Crippen molar-refractivity contribution in [3.8, 4) is 11.5 Å². The van der Waals surface area contributed by atoms with E-state index in [2.05, 4.69) is 0 Å². The van der Waals surface area contributed by atoms with Crippen LogP contribution in [0, 0.1) is 19.7 Å². The van der Waals surface area contributed by atoms with Gasteiger partial charge in [-0.3, -0.25) is 4.79 Å². The number of methoxy groups -OCH3 is 1. The summed E-state index contributed by atoms with van der Waals surface area (Å²) in [6.07, 6.45) is 3.33. The Kier molecular flexibility index (Phi) is 6.26. The van der Waals surface area contributed by atoms with E-state index in [0.717, 1.165) is 26.4 Å². The largest absolute Gasteiger partial charge is 0.496 e. The Morgan fingerprint density at radius 3 is 2.57 bits per heavy atom. The van der Waals surface area contributed by atoms with Crippen LogP contribution in [0.1, 0.15) is 31.2 Å². The molecule has 1 aromatic heterocycles. The molecule has 28 heavy (non-hydrogen) atoms. The Bertz CT molecular complexity index is 1020. The monoisotopic (exact) mass is 396 g/mol. The number of carbonyl (C=O) groups is 1. The first-order chi connectivity index (χ1) is 13.5. The second kappa shape index (κ2) is 8.85. The minimum Gasteiger partial charge on any atom is -0.496 e. The van der Waals surface area contributed by atoms with Crippen molar-refractivity contribution in [2.24, 2.45) is 0 Å². The van der Waals surface area contributed by atoms with Crippen molar-refractivity contribution in [2.45, 2.75) is 20.5 Å². The molecule has 1 heterocycles. The van der Waals surface area contributed by atoms with Gasteiger partial charge in [-0.25, -0.2) is 4.39 Å². The highest BCUT2D eigenvalue weighted by molar-refractivity contribution is 7.12. The number of hydrogen-bond acceptors (Lipinski definition) is 4. The van der Waals surface area contributed by atoms with E-state index in [1.54, 1.807) is 48.8 Å². The number of thiophene rings is 1. The topological polar surface area (TPSA) is 35.5 Å². The van der Waals surface area contributed by atoms with Crippen LogP contribution in [-0.4, -0.2) is 12.9 Å². The SMILES string of the molecule is COc1ccc(/C=C/C(=O)c2cc(C)sc2C)cc1COc1ccccc1F. The molecule has 0 bridgehead atoms. The standard InChI is InChI=1S/C23H21FO3S/c1-15-12-19(16(2)28-15)21(25)10-8-17-9-11-22(26-3)18(13-17)14-27-23-7-5-4-6-20(23)24/h4-13H,14H2,1-3H3/b10-8+. The normalized spacial score (nSPS) is 11.0. The Morgan fingerprint density at radius 1 is 1.11 bits per heavy atom. The van der Waals surface area contributed by atoms with Crippen molar-refractivity contribution in [1.82, 2.24) is 0 Å². The summed E-state index contributed by atoms with van der Waals surface area (Å²) in [4.78, 5) is 14.6. The van der Waals surface area contributed by atoms with Gasteiger partial charge >= 0.3 is 0 Å². The lowest BCUT2D eigenvalue weighted by molar-refractivity contribution is 0.104. The molecule has 3 nitrogen and oxygen atoms in total. The highest BCUT2D eigenvalue weighted by Crippen LogP contribution is 2.25. The van der Waals surface area contributed by atoms with Crippen LogP contribution in [0.2, 0.25) is 0 Å². The molecular weight excluding hydrogens is 375 g/mol. The maximum Gasteiger partial charge on any atom is 0.186 e. The summed E-state index contributed by atoms with van der Waals surface area (Å²) in [6, 6.07) is 13.7. The van der Waals surface area contributed by atoms with Crippen LogP contribution in [0.25, 0.3) is 6.08 Å². The number of halogens is 1. The van der Waals surface area contributed by atoms with Crippen LogP contribution in [0.5, 0.6) is 11.5 Å². The summed E-state index contributed by atoms with van der Waals surface area (Å²) >= 11 is 1.61. The van der Waals surface area contributed by atoms with E-state index in [1.807, 2.05) is 38.1 Å². The number of para-hydroxylation sites is 1. The summed E-state index contributed by atoms with van der Waals surface area (Å²) in [6.45, 7) is 4.09. The van der Waals surface area contributed by atoms with Crippen LogP contribution < -0.4 is 9.47 Å². The molecular formula is C23H21FO3S. The lowest BCUT2D eigenvalue weighted by atomic mass is 10.1. The van der Waals surface area contributed by atoms with Gasteiger partial charge in [-0.2, -0.15) is 0 Å². The summed E-state index contributed by atoms with van der Waals surface area (Å²) in [5.41, 5.74) is 2.34. The molecule has 0 aliphatic heterocycles. The van der Waals surface area contributed by atoms with Crippen molar-refractivity contribution in [2.75, 3.05) is 7.11 Å². The summed E-state index contributed by atoms with van der Waals surface area (Å²) in [7, 11) is 1.57. The molecule has 0 atom stereocenters. The first-order valence-electron chi connectivity index (χ1n) is 8.81. The number of hydrogen-bond donors (Lipinski definition) is 0. The van der Waals surface area contributed by atoms with E-state index in [4.69, 9.17) is 9.47 Å². The Morgan fingerprint density at radius 2 is 1.89 bits per heavy atom. The number of ether oxygens (including phenoxy) is 2. The van der Waals surface area contributed by atoms with E-state index in [9.17, 15) is 9.18 Å². The fraction of sp³-hybridized carbons (Fsp3) is 0.174. The van der Waals surface area contributed by atoms with Crippen LogP contribution in [0.4, 0.5) is 4.39 Å². The third kappa shape index (κ3) is 4.67. The predicted molar refractivity (Wildman–Crippen MR) is 111 cm³/mol. The Hall–Kier alpha value is -2.92. The molecule has 0 unspecified atom stereocenters. The third-order valence-electron chi connectivity index (χ3n) is 4.26. The first-order valence-corrected chi connectivity index (χ1v) is 9.63. The second-order valence-corrected chi connectivity index (χ2v) is 7.78. The zero-order valence-corrected chi connectivity index (χ0v) is 16.8. The van der Waals surface area contributed by atoms with Crippen LogP contribution in [0.3, 0.4) is 0 Å². The number of aryl methyl sites for hydroxylation is 2. The summed E-state index contributed by atoms with van der Waals surface area (Å²) < 4.78 is 24.7. The molecule has 0 saturated heterocycles. The number of ketones is 1. The Balaban J connectivity index is 1.77. The highest BCUT2D eigenvalue weighted by atomic mass is 32.1. The van der Waals surface area contributed by atoms with E-state index < -0.39 is 5.82 Å². The summed E-state index contributed by atoms with van der Waals surface area (Å²) in [5.74, 6) is 0.388. The first kappa shape index (κ1) is 19.8. The van der Waals surface area contributed by atoms with Gasteiger partial charge in [0.05, 0.1) is 7.11 Å². The maximum atomic E-state index is 13.8. The molecule has 0 fully saturated rings. The van der Waals surface area contributed by atoms with Gasteiger partial charge < -0.3 is 9.47 Å². The van der Waals surface area contributed by atoms with Gasteiger partial charge in [-0.05, 0) is 55.8 Å². The quantitative estimate of drug-likeness (QED) is 0.364. The molecule has 0 radical (unpaired) electrons. The molecule has 2 aromatic carbocycles. The fourth-order valence-electron chi connectivity index (χ4n) is 2.87. The van der Waals surface area contributed by atoms with Crippen molar-refractivity contribution in [1.29, 1.82) is 0 Å². The molecule has 144 valence electrons. The minimum atomic E-state index is -0.412. The number of rotatable bonds is 7. The molecule has 0 saturated carbocycles. The molecule has 0 aliphatic rings. The van der Waals surface area contributed by atoms with E-state index in [-0.39, 0.29) is 18.1 Å². The van der Waals surface area contributed by atoms with Gasteiger partial charge in [0.25, 0.3) is 0 Å². The second-order valence-electron chi connectivity index (χ2n) is 6.31. The average Bonchev–Trinajstić information content (AvgIpc) is 3.03. The lowest BCUT2D eigenvalue weighted by Gasteiger charge is -2.11. The lowest BCUT2D eigenvalue weighted by Crippen LogP contribution is -2.00. The molecule has 5 heteroatoms. The Labute approximate surface area is 168 Å². The fourth-order valence-corrected chi connectivity index (χ4v) is 3.80. The smallest absolute Gasteiger partial charge is 0.186 e. The zero-order chi connectivity index (χ0) is 20.1. The van der Waals surface area contributed by atoms with Crippen molar-refractivity contribution in [3.05, 3.63) is 86.9 Å². The van der Waals surface area contributed by atoms with E-state index in [0.29, 0.717) is 5.75 Å². The molecule has 0 N–H and O–H groups in total. The molecule has 0 amide bonds. The van der Waals surface area contributed by atoms with Gasteiger partial charge in [0.15, 0.2) is 17.3 Å². The van der Waals surface area contributed by atoms with Crippen LogP contribution >= 0.6 is 11.3 Å². The zero-order valence-electron chi connectivity index (χ0n) is 16.0. The van der Waals surface area contributed by atoms with Gasteiger partial charge in [0.2, 0.25) is 0 Å². The maximum absolute atomic E-state index is 13.8. The average molecular weight is 396 g/mol. The van der Waals surface area contributed by atoms with Gasteiger partial charge in [-0.1, -0.05) is 24.3 Å².